The van der Waals surface area contributed by atoms with Crippen LogP contribution in [0.25, 0.3) is 0 Å². The lowest BCUT2D eigenvalue weighted by Crippen LogP contribution is -2.60. The van der Waals surface area contributed by atoms with Crippen LogP contribution in [0.3, 0.4) is 0 Å². The number of carbonyl (C=O) groups excluding carboxylic acids is 4. The zero-order valence-corrected chi connectivity index (χ0v) is 17.1. The molecule has 0 bridgehead atoms. The summed E-state index contributed by atoms with van der Waals surface area (Å²) in [5.74, 6) is -0.170. The van der Waals surface area contributed by atoms with Crippen LogP contribution in [0.5, 0.6) is 5.75 Å². The highest BCUT2D eigenvalue weighted by molar-refractivity contribution is 6.07. The van der Waals surface area contributed by atoms with E-state index in [9.17, 15) is 19.2 Å². The molecule has 1 spiro atoms. The highest BCUT2D eigenvalue weighted by Gasteiger charge is 2.47. The van der Waals surface area contributed by atoms with Gasteiger partial charge in [0.15, 0.2) is 0 Å². The molecule has 4 amide bonds. The second-order valence-corrected chi connectivity index (χ2v) is 8.78. The predicted octanol–water partition coefficient (Wildman–Crippen LogP) is 1.17. The van der Waals surface area contributed by atoms with E-state index >= 15 is 0 Å². The van der Waals surface area contributed by atoms with E-state index in [2.05, 4.69) is 10.6 Å². The van der Waals surface area contributed by atoms with Crippen LogP contribution in [-0.2, 0) is 14.4 Å². The van der Waals surface area contributed by atoms with Crippen LogP contribution in [0.15, 0.2) is 18.2 Å². The highest BCUT2D eigenvalue weighted by Crippen LogP contribution is 2.49. The first-order valence-electron chi connectivity index (χ1n) is 10.5. The molecule has 30 heavy (non-hydrogen) atoms. The van der Waals surface area contributed by atoms with Crippen molar-refractivity contribution in [3.05, 3.63) is 29.3 Å². The second kappa shape index (κ2) is 8.18. The molecule has 3 aliphatic rings. The quantitative estimate of drug-likeness (QED) is 0.514. The first-order valence-corrected chi connectivity index (χ1v) is 10.5. The zero-order chi connectivity index (χ0) is 21.3. The van der Waals surface area contributed by atoms with E-state index in [1.54, 1.807) is 25.1 Å². The number of aryl methyl sites for hydroxylation is 1. The Labute approximate surface area is 175 Å². The van der Waals surface area contributed by atoms with Gasteiger partial charge in [-0.05, 0) is 67.7 Å². The molecule has 8 heteroatoms. The van der Waals surface area contributed by atoms with Gasteiger partial charge in [-0.1, -0.05) is 0 Å². The summed E-state index contributed by atoms with van der Waals surface area (Å²) in [6.45, 7) is 4.70. The van der Waals surface area contributed by atoms with Crippen LogP contribution in [0.1, 0.15) is 48.0 Å². The van der Waals surface area contributed by atoms with Gasteiger partial charge in [-0.15, -0.1) is 0 Å². The standard InChI is InChI=1S/C22H27N3O5/c1-14-8-16(30-7-6-15-9-22(10-15)11-23-12-22)2-3-17(14)21(29)25(13-26)18-4-5-19(27)24-20(18)28/h2-3,8,13,15,18,23H,4-7,9-12H2,1H3,(H,24,27,28). The van der Waals surface area contributed by atoms with Gasteiger partial charge in [-0.2, -0.15) is 0 Å². The molecule has 2 N–H and O–H groups in total. The lowest BCUT2D eigenvalue weighted by atomic mass is 9.58. The van der Waals surface area contributed by atoms with Crippen LogP contribution < -0.4 is 15.4 Å². The lowest BCUT2D eigenvalue weighted by molar-refractivity contribution is -0.139. The second-order valence-electron chi connectivity index (χ2n) is 8.78. The molecule has 1 aromatic carbocycles. The van der Waals surface area contributed by atoms with Crippen molar-refractivity contribution in [2.75, 3.05) is 19.7 Å². The van der Waals surface area contributed by atoms with E-state index < -0.39 is 23.8 Å². The summed E-state index contributed by atoms with van der Waals surface area (Å²) in [5, 5.41) is 5.52. The van der Waals surface area contributed by atoms with Crippen molar-refractivity contribution in [3.8, 4) is 5.75 Å². The molecule has 0 aromatic heterocycles. The molecule has 2 aliphatic heterocycles. The third-order valence-corrected chi connectivity index (χ3v) is 6.56. The SMILES string of the molecule is Cc1cc(OCCC2CC3(CNC3)C2)ccc1C(=O)N(C=O)C1CCC(=O)NC1=O. The van der Waals surface area contributed by atoms with Gasteiger partial charge in [0, 0.05) is 25.1 Å². The van der Waals surface area contributed by atoms with Gasteiger partial charge in [-0.25, -0.2) is 0 Å². The molecule has 0 radical (unpaired) electrons. The number of nitrogens with zero attached hydrogens (tertiary/aromatic N) is 1. The Balaban J connectivity index is 1.33. The summed E-state index contributed by atoms with van der Waals surface area (Å²) in [4.78, 5) is 48.6. The molecule has 2 heterocycles. The van der Waals surface area contributed by atoms with E-state index in [-0.39, 0.29) is 12.8 Å². The third kappa shape index (κ3) is 3.96. The number of rotatable bonds is 7. The van der Waals surface area contributed by atoms with Crippen molar-refractivity contribution >= 4 is 24.1 Å². The van der Waals surface area contributed by atoms with E-state index in [0.29, 0.717) is 35.3 Å². The molecule has 160 valence electrons. The van der Waals surface area contributed by atoms with Crippen LogP contribution in [0, 0.1) is 18.3 Å². The fourth-order valence-electron chi connectivity index (χ4n) is 4.80. The minimum Gasteiger partial charge on any atom is -0.494 e. The topological polar surface area (TPSA) is 105 Å². The highest BCUT2D eigenvalue weighted by atomic mass is 16.5. The van der Waals surface area contributed by atoms with Crippen molar-refractivity contribution in [2.45, 2.75) is 45.1 Å². The van der Waals surface area contributed by atoms with Crippen molar-refractivity contribution in [3.63, 3.8) is 0 Å². The normalized spacial score (nSPS) is 22.6. The molecule has 2 saturated heterocycles. The molecule has 3 fully saturated rings. The average Bonchev–Trinajstić information content (AvgIpc) is 2.64. The first kappa shape index (κ1) is 20.5. The number of hydrogen-bond acceptors (Lipinski definition) is 6. The summed E-state index contributed by atoms with van der Waals surface area (Å²) in [7, 11) is 0. The molecule has 4 rings (SSSR count). The van der Waals surface area contributed by atoms with Crippen molar-refractivity contribution in [2.24, 2.45) is 11.3 Å². The van der Waals surface area contributed by atoms with Gasteiger partial charge in [0.2, 0.25) is 18.2 Å². The predicted molar refractivity (Wildman–Crippen MR) is 108 cm³/mol. The third-order valence-electron chi connectivity index (χ3n) is 6.56. The van der Waals surface area contributed by atoms with E-state index in [1.807, 2.05) is 0 Å². The Bertz CT molecular complexity index is 872. The zero-order valence-electron chi connectivity index (χ0n) is 17.1. The Kier molecular flexibility index (Phi) is 5.60. The van der Waals surface area contributed by atoms with E-state index in [0.717, 1.165) is 30.3 Å². The number of nitrogens with one attached hydrogen (secondary N) is 2. The number of carbonyl (C=O) groups is 4. The van der Waals surface area contributed by atoms with Crippen LogP contribution in [-0.4, -0.2) is 54.8 Å². The van der Waals surface area contributed by atoms with E-state index in [4.69, 9.17) is 4.74 Å². The van der Waals surface area contributed by atoms with Crippen LogP contribution >= 0.6 is 0 Å². The Morgan fingerprint density at radius 1 is 1.30 bits per heavy atom. The molecule has 1 atom stereocenters. The number of ether oxygens (including phenoxy) is 1. The van der Waals surface area contributed by atoms with Crippen LogP contribution in [0.2, 0.25) is 0 Å². The summed E-state index contributed by atoms with van der Waals surface area (Å²) in [6, 6.07) is 4.14. The molecular weight excluding hydrogens is 386 g/mol. The number of amides is 4. The maximum atomic E-state index is 12.9. The molecular formula is C22H27N3O5. The maximum Gasteiger partial charge on any atom is 0.261 e. The van der Waals surface area contributed by atoms with Gasteiger partial charge in [0.05, 0.1) is 6.61 Å². The molecule has 1 aromatic rings. The summed E-state index contributed by atoms with van der Waals surface area (Å²) >= 11 is 0. The number of hydrogen-bond donors (Lipinski definition) is 2. The van der Waals surface area contributed by atoms with Gasteiger partial charge < -0.3 is 10.1 Å². The van der Waals surface area contributed by atoms with Crippen LogP contribution in [0.4, 0.5) is 0 Å². The maximum absolute atomic E-state index is 12.9. The number of benzene rings is 1. The molecule has 1 unspecified atom stereocenters. The smallest absolute Gasteiger partial charge is 0.261 e. The van der Waals surface area contributed by atoms with Gasteiger partial charge in [-0.3, -0.25) is 29.4 Å². The number of piperidine rings is 1. The average molecular weight is 413 g/mol. The monoisotopic (exact) mass is 413 g/mol. The largest absolute Gasteiger partial charge is 0.494 e. The van der Waals surface area contributed by atoms with Crippen molar-refractivity contribution in [1.29, 1.82) is 0 Å². The van der Waals surface area contributed by atoms with Crippen molar-refractivity contribution in [1.82, 2.24) is 15.5 Å². The van der Waals surface area contributed by atoms with Gasteiger partial charge >= 0.3 is 0 Å². The first-order chi connectivity index (χ1) is 14.4. The summed E-state index contributed by atoms with van der Waals surface area (Å²) < 4.78 is 5.87. The minimum absolute atomic E-state index is 0.0956. The summed E-state index contributed by atoms with van der Waals surface area (Å²) in [5.41, 5.74) is 1.56. The Morgan fingerprint density at radius 3 is 2.67 bits per heavy atom. The Hall–Kier alpha value is -2.74. The molecule has 1 saturated carbocycles. The number of imide groups is 2. The van der Waals surface area contributed by atoms with E-state index in [1.165, 1.54) is 12.8 Å². The Morgan fingerprint density at radius 2 is 2.07 bits per heavy atom. The lowest BCUT2D eigenvalue weighted by Gasteiger charge is -2.54. The van der Waals surface area contributed by atoms with Gasteiger partial charge in [0.25, 0.3) is 5.91 Å². The minimum atomic E-state index is -0.973. The molecule has 1 aliphatic carbocycles. The summed E-state index contributed by atoms with van der Waals surface area (Å²) in [6.07, 6.45) is 4.16. The fourth-order valence-corrected chi connectivity index (χ4v) is 4.80. The van der Waals surface area contributed by atoms with Crippen molar-refractivity contribution < 1.29 is 23.9 Å². The van der Waals surface area contributed by atoms with Gasteiger partial charge in [0.1, 0.15) is 11.8 Å². The fraction of sp³-hybridized carbons (Fsp3) is 0.545. The molecule has 8 nitrogen and oxygen atoms in total.